The van der Waals surface area contributed by atoms with Crippen molar-refractivity contribution in [1.29, 1.82) is 0 Å². The zero-order chi connectivity index (χ0) is 22.5. The van der Waals surface area contributed by atoms with Gasteiger partial charge < -0.3 is 19.5 Å². The van der Waals surface area contributed by atoms with Crippen LogP contribution in [0.1, 0.15) is 27.3 Å². The molecule has 0 aliphatic heterocycles. The van der Waals surface area contributed by atoms with Gasteiger partial charge in [-0.25, -0.2) is 9.48 Å². The lowest BCUT2D eigenvalue weighted by molar-refractivity contribution is -0.119. The van der Waals surface area contributed by atoms with E-state index in [1.54, 1.807) is 23.7 Å². The van der Waals surface area contributed by atoms with Crippen LogP contribution in [0.5, 0.6) is 11.5 Å². The monoisotopic (exact) mass is 423 g/mol. The number of amides is 1. The number of nitrogens with one attached hydrogen (secondary N) is 1. The number of anilines is 1. The molecular formula is C23H25N3O5. The SMILES string of the molecule is COc1cc(C(=O)OCC(=O)Nc2c(C)nn(-c3ccccc3)c2C)cc(OC)c1C. The molecular weight excluding hydrogens is 398 g/mol. The second-order valence-electron chi connectivity index (χ2n) is 6.92. The molecule has 2 aromatic carbocycles. The Balaban J connectivity index is 1.69. The summed E-state index contributed by atoms with van der Waals surface area (Å²) < 4.78 is 17.5. The van der Waals surface area contributed by atoms with E-state index >= 15 is 0 Å². The fourth-order valence-electron chi connectivity index (χ4n) is 3.24. The lowest BCUT2D eigenvalue weighted by Gasteiger charge is -2.12. The first-order valence-corrected chi connectivity index (χ1v) is 9.67. The maximum Gasteiger partial charge on any atom is 0.338 e. The number of aromatic nitrogens is 2. The van der Waals surface area contributed by atoms with Gasteiger partial charge in [0.15, 0.2) is 6.61 Å². The molecule has 3 aromatic rings. The van der Waals surface area contributed by atoms with Crippen LogP contribution in [0.3, 0.4) is 0 Å². The molecule has 3 rings (SSSR count). The standard InChI is InChI=1S/C23H25N3O5/c1-14-19(29-4)11-17(12-20(14)30-5)23(28)31-13-21(27)24-22-15(2)25-26(16(22)3)18-9-7-6-8-10-18/h6-12H,13H2,1-5H3,(H,24,27). The molecule has 0 spiro atoms. The fourth-order valence-corrected chi connectivity index (χ4v) is 3.24. The van der Waals surface area contributed by atoms with Crippen LogP contribution in [0.4, 0.5) is 5.69 Å². The number of ether oxygens (including phenoxy) is 3. The number of esters is 1. The summed E-state index contributed by atoms with van der Waals surface area (Å²) in [6, 6.07) is 12.7. The number of hydrogen-bond donors (Lipinski definition) is 1. The normalized spacial score (nSPS) is 10.5. The second kappa shape index (κ2) is 9.34. The smallest absolute Gasteiger partial charge is 0.338 e. The summed E-state index contributed by atoms with van der Waals surface area (Å²) in [4.78, 5) is 24.9. The van der Waals surface area contributed by atoms with Gasteiger partial charge in [0.2, 0.25) is 0 Å². The average Bonchev–Trinajstić information content (AvgIpc) is 3.06. The van der Waals surface area contributed by atoms with Crippen LogP contribution >= 0.6 is 0 Å². The van der Waals surface area contributed by atoms with Crippen LogP contribution in [0.2, 0.25) is 0 Å². The minimum atomic E-state index is -0.653. The molecule has 1 aromatic heterocycles. The van der Waals surface area contributed by atoms with Gasteiger partial charge in [-0.3, -0.25) is 4.79 Å². The van der Waals surface area contributed by atoms with Crippen molar-refractivity contribution in [2.24, 2.45) is 0 Å². The van der Waals surface area contributed by atoms with Gasteiger partial charge in [-0.2, -0.15) is 5.10 Å². The van der Waals surface area contributed by atoms with Gasteiger partial charge in [-0.1, -0.05) is 18.2 Å². The fraction of sp³-hybridized carbons (Fsp3) is 0.261. The molecule has 0 bridgehead atoms. The van der Waals surface area contributed by atoms with Gasteiger partial charge in [0.25, 0.3) is 5.91 Å². The maximum absolute atomic E-state index is 12.4. The number of carbonyl (C=O) groups is 2. The molecule has 162 valence electrons. The summed E-state index contributed by atoms with van der Waals surface area (Å²) in [6.07, 6.45) is 0. The lowest BCUT2D eigenvalue weighted by atomic mass is 10.1. The third-order valence-electron chi connectivity index (χ3n) is 4.88. The van der Waals surface area contributed by atoms with Crippen LogP contribution in [0.25, 0.3) is 5.69 Å². The number of rotatable bonds is 7. The molecule has 0 radical (unpaired) electrons. The highest BCUT2D eigenvalue weighted by Crippen LogP contribution is 2.29. The van der Waals surface area contributed by atoms with Crippen molar-refractivity contribution >= 4 is 17.6 Å². The predicted molar refractivity (Wildman–Crippen MR) is 116 cm³/mol. The van der Waals surface area contributed by atoms with E-state index in [4.69, 9.17) is 14.2 Å². The summed E-state index contributed by atoms with van der Waals surface area (Å²) in [5, 5.41) is 7.27. The van der Waals surface area contributed by atoms with Crippen molar-refractivity contribution in [2.45, 2.75) is 20.8 Å². The van der Waals surface area contributed by atoms with E-state index in [0.29, 0.717) is 22.9 Å². The first-order valence-electron chi connectivity index (χ1n) is 9.67. The molecule has 31 heavy (non-hydrogen) atoms. The van der Waals surface area contributed by atoms with Crippen LogP contribution in [-0.2, 0) is 9.53 Å². The van der Waals surface area contributed by atoms with E-state index in [2.05, 4.69) is 10.4 Å². The number of nitrogens with zero attached hydrogens (tertiary/aromatic N) is 2. The molecule has 8 nitrogen and oxygen atoms in total. The summed E-state index contributed by atoms with van der Waals surface area (Å²) in [5.74, 6) is -0.121. The molecule has 0 fully saturated rings. The Hall–Kier alpha value is -3.81. The predicted octanol–water partition coefficient (Wildman–Crippen LogP) is 3.61. The van der Waals surface area contributed by atoms with Crippen molar-refractivity contribution in [1.82, 2.24) is 9.78 Å². The third-order valence-corrected chi connectivity index (χ3v) is 4.88. The highest BCUT2D eigenvalue weighted by atomic mass is 16.5. The van der Waals surface area contributed by atoms with E-state index < -0.39 is 18.5 Å². The summed E-state index contributed by atoms with van der Waals surface area (Å²) in [7, 11) is 3.01. The highest BCUT2D eigenvalue weighted by Gasteiger charge is 2.18. The van der Waals surface area contributed by atoms with Crippen LogP contribution in [0.15, 0.2) is 42.5 Å². The Labute approximate surface area is 180 Å². The van der Waals surface area contributed by atoms with Crippen molar-refractivity contribution in [3.63, 3.8) is 0 Å². The van der Waals surface area contributed by atoms with E-state index in [1.165, 1.54) is 14.2 Å². The minimum absolute atomic E-state index is 0.233. The van der Waals surface area contributed by atoms with E-state index in [9.17, 15) is 9.59 Å². The van der Waals surface area contributed by atoms with E-state index in [-0.39, 0.29) is 5.56 Å². The van der Waals surface area contributed by atoms with Gasteiger partial charge in [-0.05, 0) is 45.0 Å². The average molecular weight is 423 g/mol. The van der Waals surface area contributed by atoms with Crippen molar-refractivity contribution in [2.75, 3.05) is 26.1 Å². The molecule has 0 aliphatic rings. The van der Waals surface area contributed by atoms with Crippen LogP contribution in [-0.4, -0.2) is 42.5 Å². The summed E-state index contributed by atoms with van der Waals surface area (Å²) >= 11 is 0. The van der Waals surface area contributed by atoms with Crippen molar-refractivity contribution < 1.29 is 23.8 Å². The van der Waals surface area contributed by atoms with Gasteiger partial charge in [-0.15, -0.1) is 0 Å². The van der Waals surface area contributed by atoms with Crippen LogP contribution in [0, 0.1) is 20.8 Å². The largest absolute Gasteiger partial charge is 0.496 e. The Kier molecular flexibility index (Phi) is 6.59. The molecule has 1 heterocycles. The van der Waals surface area contributed by atoms with E-state index in [0.717, 1.165) is 16.9 Å². The number of benzene rings is 2. The Morgan fingerprint density at radius 1 is 1.00 bits per heavy atom. The molecule has 1 N–H and O–H groups in total. The Morgan fingerprint density at radius 2 is 1.61 bits per heavy atom. The Bertz CT molecular complexity index is 1080. The van der Waals surface area contributed by atoms with E-state index in [1.807, 2.05) is 44.2 Å². The van der Waals surface area contributed by atoms with Crippen molar-refractivity contribution in [3.8, 4) is 17.2 Å². The minimum Gasteiger partial charge on any atom is -0.496 e. The summed E-state index contributed by atoms with van der Waals surface area (Å²) in [5.41, 5.74) is 3.91. The zero-order valence-electron chi connectivity index (χ0n) is 18.2. The molecule has 1 amide bonds. The lowest BCUT2D eigenvalue weighted by Crippen LogP contribution is -2.21. The molecule has 0 saturated carbocycles. The van der Waals surface area contributed by atoms with Gasteiger partial charge in [0, 0.05) is 5.56 Å². The number of carbonyl (C=O) groups excluding carboxylic acids is 2. The molecule has 0 unspecified atom stereocenters. The highest BCUT2D eigenvalue weighted by molar-refractivity contribution is 5.96. The van der Waals surface area contributed by atoms with Crippen LogP contribution < -0.4 is 14.8 Å². The number of para-hydroxylation sites is 1. The number of hydrogen-bond acceptors (Lipinski definition) is 6. The van der Waals surface area contributed by atoms with Gasteiger partial charge in [0.05, 0.1) is 42.5 Å². The topological polar surface area (TPSA) is 91.7 Å². The number of methoxy groups -OCH3 is 2. The number of aryl methyl sites for hydroxylation is 1. The molecule has 0 atom stereocenters. The molecule has 8 heteroatoms. The summed E-state index contributed by atoms with van der Waals surface area (Å²) in [6.45, 7) is 5.05. The van der Waals surface area contributed by atoms with Gasteiger partial charge >= 0.3 is 5.97 Å². The molecule has 0 aliphatic carbocycles. The Morgan fingerprint density at radius 3 is 2.19 bits per heavy atom. The maximum atomic E-state index is 12.4. The second-order valence-corrected chi connectivity index (χ2v) is 6.92. The van der Waals surface area contributed by atoms with Crippen molar-refractivity contribution in [3.05, 3.63) is 65.0 Å². The third kappa shape index (κ3) is 4.69. The van der Waals surface area contributed by atoms with Gasteiger partial charge in [0.1, 0.15) is 11.5 Å². The first kappa shape index (κ1) is 21.9. The molecule has 0 saturated heterocycles. The zero-order valence-corrected chi connectivity index (χ0v) is 18.2. The quantitative estimate of drug-likeness (QED) is 0.584. The first-order chi connectivity index (χ1) is 14.8.